The standard InChI is InChI=1S/C15H8Cl2N2O/c16-14-5-10(7-18)1-2-12(14)9-20-13-4-3-11(8-19)15(17)6-13/h1-6H,9H2. The van der Waals surface area contributed by atoms with Gasteiger partial charge in [-0.25, -0.2) is 0 Å². The molecule has 0 unspecified atom stereocenters. The lowest BCUT2D eigenvalue weighted by atomic mass is 10.1. The van der Waals surface area contributed by atoms with Crippen molar-refractivity contribution in [1.82, 2.24) is 0 Å². The Morgan fingerprint density at radius 1 is 0.950 bits per heavy atom. The lowest BCUT2D eigenvalue weighted by Crippen LogP contribution is -1.97. The number of ether oxygens (including phenoxy) is 1. The Balaban J connectivity index is 2.11. The maximum Gasteiger partial charge on any atom is 0.121 e. The molecule has 0 aliphatic heterocycles. The van der Waals surface area contributed by atoms with E-state index in [1.54, 1.807) is 36.4 Å². The number of hydrogen-bond acceptors (Lipinski definition) is 3. The van der Waals surface area contributed by atoms with E-state index >= 15 is 0 Å². The van der Waals surface area contributed by atoms with Crippen molar-refractivity contribution < 1.29 is 4.74 Å². The molecule has 5 heteroatoms. The van der Waals surface area contributed by atoms with Crippen LogP contribution in [0.25, 0.3) is 0 Å². The molecule has 2 rings (SSSR count). The average Bonchev–Trinajstić information content (AvgIpc) is 2.46. The van der Waals surface area contributed by atoms with E-state index in [0.717, 1.165) is 5.56 Å². The Labute approximate surface area is 126 Å². The van der Waals surface area contributed by atoms with Crippen LogP contribution in [-0.2, 0) is 6.61 Å². The van der Waals surface area contributed by atoms with E-state index < -0.39 is 0 Å². The van der Waals surface area contributed by atoms with E-state index in [2.05, 4.69) is 0 Å². The van der Waals surface area contributed by atoms with Gasteiger partial charge in [-0.2, -0.15) is 10.5 Å². The highest BCUT2D eigenvalue weighted by Crippen LogP contribution is 2.24. The Bertz CT molecular complexity index is 730. The first-order chi connectivity index (χ1) is 9.63. The third-order valence-electron chi connectivity index (χ3n) is 2.64. The van der Waals surface area contributed by atoms with Gasteiger partial charge in [-0.1, -0.05) is 29.3 Å². The second-order valence-electron chi connectivity index (χ2n) is 3.96. The van der Waals surface area contributed by atoms with Gasteiger partial charge in [0.05, 0.1) is 22.2 Å². The van der Waals surface area contributed by atoms with Crippen molar-refractivity contribution in [3.63, 3.8) is 0 Å². The van der Waals surface area contributed by atoms with Crippen molar-refractivity contribution in [3.8, 4) is 17.9 Å². The van der Waals surface area contributed by atoms with Crippen LogP contribution in [0.1, 0.15) is 16.7 Å². The molecule has 2 aromatic carbocycles. The van der Waals surface area contributed by atoms with Gasteiger partial charge in [0, 0.05) is 16.7 Å². The maximum atomic E-state index is 8.78. The minimum Gasteiger partial charge on any atom is -0.489 e. The van der Waals surface area contributed by atoms with Gasteiger partial charge in [-0.15, -0.1) is 0 Å². The first-order valence-corrected chi connectivity index (χ1v) is 6.40. The number of nitriles is 2. The zero-order valence-electron chi connectivity index (χ0n) is 10.2. The van der Waals surface area contributed by atoms with Crippen molar-refractivity contribution in [2.75, 3.05) is 0 Å². The summed E-state index contributed by atoms with van der Waals surface area (Å²) in [6.45, 7) is 0.257. The van der Waals surface area contributed by atoms with Gasteiger partial charge in [0.2, 0.25) is 0 Å². The predicted octanol–water partition coefficient (Wildman–Crippen LogP) is 4.32. The summed E-state index contributed by atoms with van der Waals surface area (Å²) in [4.78, 5) is 0. The Hall–Kier alpha value is -2.20. The molecule has 98 valence electrons. The van der Waals surface area contributed by atoms with E-state index in [4.69, 9.17) is 38.5 Å². The van der Waals surface area contributed by atoms with Gasteiger partial charge >= 0.3 is 0 Å². The summed E-state index contributed by atoms with van der Waals surface area (Å²) < 4.78 is 5.57. The van der Waals surface area contributed by atoms with E-state index in [0.29, 0.717) is 26.9 Å². The molecule has 0 N–H and O–H groups in total. The summed E-state index contributed by atoms with van der Waals surface area (Å²) in [6.07, 6.45) is 0. The SMILES string of the molecule is N#Cc1ccc(COc2ccc(C#N)c(Cl)c2)c(Cl)c1. The second kappa shape index (κ2) is 6.30. The van der Waals surface area contributed by atoms with Crippen LogP contribution in [0.15, 0.2) is 36.4 Å². The monoisotopic (exact) mass is 302 g/mol. The fourth-order valence-electron chi connectivity index (χ4n) is 1.57. The van der Waals surface area contributed by atoms with Crippen LogP contribution < -0.4 is 4.74 Å². The van der Waals surface area contributed by atoms with Gasteiger partial charge in [0.25, 0.3) is 0 Å². The van der Waals surface area contributed by atoms with Gasteiger partial charge in [0.15, 0.2) is 0 Å². The first kappa shape index (κ1) is 14.2. The summed E-state index contributed by atoms with van der Waals surface area (Å²) in [5, 5.41) is 18.4. The van der Waals surface area contributed by atoms with Gasteiger partial charge < -0.3 is 4.74 Å². The van der Waals surface area contributed by atoms with E-state index in [9.17, 15) is 0 Å². The quantitative estimate of drug-likeness (QED) is 0.848. The molecule has 0 amide bonds. The van der Waals surface area contributed by atoms with Gasteiger partial charge in [-0.3, -0.25) is 0 Å². The van der Waals surface area contributed by atoms with Crippen LogP contribution in [0.3, 0.4) is 0 Å². The number of benzene rings is 2. The first-order valence-electron chi connectivity index (χ1n) is 5.65. The molecule has 0 saturated heterocycles. The number of nitrogens with zero attached hydrogens (tertiary/aromatic N) is 2. The Morgan fingerprint density at radius 2 is 1.75 bits per heavy atom. The molecule has 0 fully saturated rings. The Kier molecular flexibility index (Phi) is 4.48. The molecule has 2 aromatic rings. The summed E-state index contributed by atoms with van der Waals surface area (Å²) >= 11 is 12.0. The molecule has 0 spiro atoms. The van der Waals surface area contributed by atoms with E-state index in [-0.39, 0.29) is 6.61 Å². The normalized spacial score (nSPS) is 9.60. The molecule has 0 radical (unpaired) electrons. The highest BCUT2D eigenvalue weighted by molar-refractivity contribution is 6.32. The molecule has 3 nitrogen and oxygen atoms in total. The molecule has 0 atom stereocenters. The fraction of sp³-hybridized carbons (Fsp3) is 0.0667. The topological polar surface area (TPSA) is 56.8 Å². The maximum absolute atomic E-state index is 8.78. The zero-order chi connectivity index (χ0) is 14.5. The number of hydrogen-bond donors (Lipinski definition) is 0. The summed E-state index contributed by atoms with van der Waals surface area (Å²) in [5.41, 5.74) is 1.67. The molecule has 0 aromatic heterocycles. The smallest absolute Gasteiger partial charge is 0.121 e. The molecule has 0 aliphatic rings. The highest BCUT2D eigenvalue weighted by atomic mass is 35.5. The van der Waals surface area contributed by atoms with Crippen molar-refractivity contribution in [2.24, 2.45) is 0 Å². The highest BCUT2D eigenvalue weighted by Gasteiger charge is 2.05. The van der Waals surface area contributed by atoms with Crippen molar-refractivity contribution in [3.05, 3.63) is 63.1 Å². The molecular formula is C15H8Cl2N2O. The minimum absolute atomic E-state index is 0.257. The van der Waals surface area contributed by atoms with Crippen LogP contribution in [0.5, 0.6) is 5.75 Å². The number of rotatable bonds is 3. The molecular weight excluding hydrogens is 295 g/mol. The van der Waals surface area contributed by atoms with Crippen LogP contribution in [0.2, 0.25) is 10.0 Å². The largest absolute Gasteiger partial charge is 0.489 e. The fourth-order valence-corrected chi connectivity index (χ4v) is 2.02. The van der Waals surface area contributed by atoms with Crippen LogP contribution >= 0.6 is 23.2 Å². The minimum atomic E-state index is 0.257. The molecule has 0 aliphatic carbocycles. The second-order valence-corrected chi connectivity index (χ2v) is 4.77. The average molecular weight is 303 g/mol. The lowest BCUT2D eigenvalue weighted by Gasteiger charge is -2.08. The Morgan fingerprint density at radius 3 is 2.35 bits per heavy atom. The van der Waals surface area contributed by atoms with Crippen molar-refractivity contribution in [1.29, 1.82) is 10.5 Å². The van der Waals surface area contributed by atoms with E-state index in [1.807, 2.05) is 12.1 Å². The summed E-state index contributed by atoms with van der Waals surface area (Å²) in [5.74, 6) is 0.550. The molecule has 0 saturated carbocycles. The lowest BCUT2D eigenvalue weighted by molar-refractivity contribution is 0.306. The molecule has 0 heterocycles. The third-order valence-corrected chi connectivity index (χ3v) is 3.30. The zero-order valence-corrected chi connectivity index (χ0v) is 11.7. The third kappa shape index (κ3) is 3.22. The summed E-state index contributed by atoms with van der Waals surface area (Å²) in [7, 11) is 0. The molecule has 20 heavy (non-hydrogen) atoms. The van der Waals surface area contributed by atoms with Crippen LogP contribution in [0, 0.1) is 22.7 Å². The van der Waals surface area contributed by atoms with Crippen molar-refractivity contribution in [2.45, 2.75) is 6.61 Å². The summed E-state index contributed by atoms with van der Waals surface area (Å²) in [6, 6.07) is 13.8. The molecule has 0 bridgehead atoms. The van der Waals surface area contributed by atoms with E-state index in [1.165, 1.54) is 0 Å². The van der Waals surface area contributed by atoms with Gasteiger partial charge in [-0.05, 0) is 24.3 Å². The van der Waals surface area contributed by atoms with Gasteiger partial charge in [0.1, 0.15) is 18.4 Å². The number of halogens is 2. The van der Waals surface area contributed by atoms with Crippen LogP contribution in [-0.4, -0.2) is 0 Å². The predicted molar refractivity (Wildman–Crippen MR) is 76.7 cm³/mol. The van der Waals surface area contributed by atoms with Crippen LogP contribution in [0.4, 0.5) is 0 Å². The van der Waals surface area contributed by atoms with Crippen molar-refractivity contribution >= 4 is 23.2 Å².